The van der Waals surface area contributed by atoms with Crippen LogP contribution in [0.3, 0.4) is 0 Å². The topological polar surface area (TPSA) is 92.8 Å². The van der Waals surface area contributed by atoms with Crippen molar-refractivity contribution in [2.75, 3.05) is 24.2 Å². The molecule has 0 bridgehead atoms. The van der Waals surface area contributed by atoms with Crippen LogP contribution in [0.25, 0.3) is 0 Å². The fraction of sp³-hybridized carbons (Fsp3) is 0.273. The standard InChI is InChI=1S/C22H22N2O5S/c1-14-7-9-16(10-8-14)23-19(25)13-30-15(2)22(28)29-12-11-24-20(26)17-5-3-4-6-18(17)21(24)27/h3-10,15H,11-13H2,1-2H3,(H,23,25). The van der Waals surface area contributed by atoms with Gasteiger partial charge in [0.25, 0.3) is 11.8 Å². The van der Waals surface area contributed by atoms with Crippen molar-refractivity contribution in [1.82, 2.24) is 4.90 Å². The molecular formula is C22H22N2O5S. The molecule has 3 rings (SSSR count). The number of carbonyl (C=O) groups excluding carboxylic acids is 4. The maximum atomic E-state index is 12.3. The van der Waals surface area contributed by atoms with Crippen LogP contribution in [0, 0.1) is 6.92 Å². The summed E-state index contributed by atoms with van der Waals surface area (Å²) in [7, 11) is 0. The lowest BCUT2D eigenvalue weighted by atomic mass is 10.1. The molecule has 2 aromatic carbocycles. The van der Waals surface area contributed by atoms with Crippen molar-refractivity contribution in [2.45, 2.75) is 19.1 Å². The first-order valence-corrected chi connectivity index (χ1v) is 10.5. The third kappa shape index (κ3) is 5.07. The minimum Gasteiger partial charge on any atom is -0.463 e. The Morgan fingerprint density at radius 2 is 1.63 bits per heavy atom. The van der Waals surface area contributed by atoms with E-state index in [1.165, 1.54) is 0 Å². The lowest BCUT2D eigenvalue weighted by Crippen LogP contribution is -2.34. The Labute approximate surface area is 178 Å². The molecule has 1 heterocycles. The molecule has 0 saturated carbocycles. The van der Waals surface area contributed by atoms with Crippen LogP contribution >= 0.6 is 11.8 Å². The summed E-state index contributed by atoms with van der Waals surface area (Å²) in [6.45, 7) is 3.51. The molecule has 3 amide bonds. The molecule has 1 atom stereocenters. The maximum Gasteiger partial charge on any atom is 0.318 e. The smallest absolute Gasteiger partial charge is 0.318 e. The first-order chi connectivity index (χ1) is 14.4. The van der Waals surface area contributed by atoms with Crippen LogP contribution in [0.1, 0.15) is 33.2 Å². The molecule has 7 nitrogen and oxygen atoms in total. The van der Waals surface area contributed by atoms with Crippen LogP contribution in [0.5, 0.6) is 0 Å². The van der Waals surface area contributed by atoms with Crippen LogP contribution in [0.4, 0.5) is 5.69 Å². The molecule has 1 N–H and O–H groups in total. The average molecular weight is 426 g/mol. The fourth-order valence-electron chi connectivity index (χ4n) is 2.90. The molecule has 0 saturated heterocycles. The summed E-state index contributed by atoms with van der Waals surface area (Å²) in [5.74, 6) is -1.39. The number of hydrogen-bond donors (Lipinski definition) is 1. The van der Waals surface area contributed by atoms with Gasteiger partial charge in [0.2, 0.25) is 5.91 Å². The summed E-state index contributed by atoms with van der Waals surface area (Å²) >= 11 is 1.15. The Hall–Kier alpha value is -3.13. The minimum absolute atomic E-state index is 0.0105. The Bertz CT molecular complexity index is 939. The van der Waals surface area contributed by atoms with Gasteiger partial charge in [-0.25, -0.2) is 0 Å². The van der Waals surface area contributed by atoms with E-state index in [1.807, 2.05) is 31.2 Å². The number of rotatable bonds is 8. The molecule has 1 aliphatic heterocycles. The highest BCUT2D eigenvalue weighted by Gasteiger charge is 2.34. The zero-order valence-corrected chi connectivity index (χ0v) is 17.5. The van der Waals surface area contributed by atoms with Crippen LogP contribution in [0.2, 0.25) is 0 Å². The molecule has 0 fully saturated rings. The highest BCUT2D eigenvalue weighted by Crippen LogP contribution is 2.22. The SMILES string of the molecule is Cc1ccc(NC(=O)CSC(C)C(=O)OCCN2C(=O)c3ccccc3C2=O)cc1. The number of carbonyl (C=O) groups is 4. The van der Waals surface area contributed by atoms with Crippen molar-refractivity contribution in [3.63, 3.8) is 0 Å². The summed E-state index contributed by atoms with van der Waals surface area (Å²) < 4.78 is 5.19. The van der Waals surface area contributed by atoms with Gasteiger partial charge in [-0.05, 0) is 38.1 Å². The highest BCUT2D eigenvalue weighted by atomic mass is 32.2. The molecule has 0 aromatic heterocycles. The van der Waals surface area contributed by atoms with Crippen molar-refractivity contribution in [3.8, 4) is 0 Å². The van der Waals surface area contributed by atoms with Gasteiger partial charge >= 0.3 is 5.97 Å². The van der Waals surface area contributed by atoms with Gasteiger partial charge in [-0.2, -0.15) is 0 Å². The van der Waals surface area contributed by atoms with E-state index in [4.69, 9.17) is 4.74 Å². The third-order valence-electron chi connectivity index (χ3n) is 4.57. The summed E-state index contributed by atoms with van der Waals surface area (Å²) in [6, 6.07) is 14.0. The second-order valence-electron chi connectivity index (χ2n) is 6.84. The number of nitrogens with zero attached hydrogens (tertiary/aromatic N) is 1. The second-order valence-corrected chi connectivity index (χ2v) is 8.17. The quantitative estimate of drug-likeness (QED) is 0.515. The number of nitrogens with one attached hydrogen (secondary N) is 1. The number of ether oxygens (including phenoxy) is 1. The largest absolute Gasteiger partial charge is 0.463 e. The van der Waals surface area contributed by atoms with Crippen LogP contribution in [-0.2, 0) is 14.3 Å². The van der Waals surface area contributed by atoms with E-state index >= 15 is 0 Å². The number of aryl methyl sites for hydroxylation is 1. The number of benzene rings is 2. The van der Waals surface area contributed by atoms with E-state index in [2.05, 4.69) is 5.32 Å². The normalized spacial score (nSPS) is 13.7. The Balaban J connectivity index is 1.40. The van der Waals surface area contributed by atoms with E-state index in [-0.39, 0.29) is 36.6 Å². The number of fused-ring (bicyclic) bond motifs is 1. The molecule has 8 heteroatoms. The van der Waals surface area contributed by atoms with Crippen molar-refractivity contribution in [2.24, 2.45) is 0 Å². The van der Waals surface area contributed by atoms with Gasteiger partial charge in [-0.1, -0.05) is 29.8 Å². The van der Waals surface area contributed by atoms with E-state index in [0.29, 0.717) is 16.8 Å². The van der Waals surface area contributed by atoms with Crippen molar-refractivity contribution >= 4 is 41.1 Å². The molecule has 156 valence electrons. The van der Waals surface area contributed by atoms with Gasteiger partial charge < -0.3 is 10.1 Å². The zero-order valence-electron chi connectivity index (χ0n) is 16.7. The number of imide groups is 1. The molecule has 1 aliphatic rings. The Morgan fingerprint density at radius 1 is 1.03 bits per heavy atom. The highest BCUT2D eigenvalue weighted by molar-refractivity contribution is 8.01. The van der Waals surface area contributed by atoms with E-state index in [1.54, 1.807) is 31.2 Å². The lowest BCUT2D eigenvalue weighted by molar-refractivity contribution is -0.142. The van der Waals surface area contributed by atoms with Gasteiger partial charge in [0, 0.05) is 5.69 Å². The van der Waals surface area contributed by atoms with Gasteiger partial charge in [-0.3, -0.25) is 24.1 Å². The van der Waals surface area contributed by atoms with E-state index < -0.39 is 11.2 Å². The first kappa shape index (κ1) is 21.6. The van der Waals surface area contributed by atoms with Crippen LogP contribution in [-0.4, -0.2) is 52.7 Å². The fourth-order valence-corrected chi connectivity index (χ4v) is 3.58. The minimum atomic E-state index is -0.559. The van der Waals surface area contributed by atoms with E-state index in [0.717, 1.165) is 22.2 Å². The van der Waals surface area contributed by atoms with Crippen LogP contribution < -0.4 is 5.32 Å². The summed E-state index contributed by atoms with van der Waals surface area (Å²) in [5, 5.41) is 2.21. The Kier molecular flexibility index (Phi) is 6.89. The van der Waals surface area contributed by atoms with E-state index in [9.17, 15) is 19.2 Å². The first-order valence-electron chi connectivity index (χ1n) is 9.47. The summed E-state index contributed by atoms with van der Waals surface area (Å²) in [5.41, 5.74) is 2.51. The van der Waals surface area contributed by atoms with Crippen molar-refractivity contribution in [1.29, 1.82) is 0 Å². The second kappa shape index (κ2) is 9.58. The van der Waals surface area contributed by atoms with Gasteiger partial charge in [0.15, 0.2) is 0 Å². The number of anilines is 1. The van der Waals surface area contributed by atoms with Gasteiger partial charge in [0.05, 0.1) is 23.4 Å². The number of thioether (sulfide) groups is 1. The van der Waals surface area contributed by atoms with Crippen LogP contribution in [0.15, 0.2) is 48.5 Å². The number of amides is 3. The van der Waals surface area contributed by atoms with Gasteiger partial charge in [0.1, 0.15) is 11.9 Å². The van der Waals surface area contributed by atoms with Gasteiger partial charge in [-0.15, -0.1) is 11.8 Å². The predicted molar refractivity (Wildman–Crippen MR) is 114 cm³/mol. The molecule has 0 spiro atoms. The monoisotopic (exact) mass is 426 g/mol. The molecule has 0 aliphatic carbocycles. The number of hydrogen-bond acceptors (Lipinski definition) is 6. The zero-order chi connectivity index (χ0) is 21.7. The molecule has 0 radical (unpaired) electrons. The molecule has 30 heavy (non-hydrogen) atoms. The summed E-state index contributed by atoms with van der Waals surface area (Å²) in [4.78, 5) is 49.8. The Morgan fingerprint density at radius 3 is 2.23 bits per heavy atom. The molecule has 1 unspecified atom stereocenters. The summed E-state index contributed by atoms with van der Waals surface area (Å²) in [6.07, 6.45) is 0. The molecule has 2 aromatic rings. The predicted octanol–water partition coefficient (Wildman–Crippen LogP) is 2.89. The molecular weight excluding hydrogens is 404 g/mol. The average Bonchev–Trinajstić information content (AvgIpc) is 2.98. The number of esters is 1. The van der Waals surface area contributed by atoms with Crippen molar-refractivity contribution < 1.29 is 23.9 Å². The third-order valence-corrected chi connectivity index (χ3v) is 5.69. The van der Waals surface area contributed by atoms with Crippen molar-refractivity contribution in [3.05, 3.63) is 65.2 Å². The lowest BCUT2D eigenvalue weighted by Gasteiger charge is -2.15. The maximum absolute atomic E-state index is 12.3.